The molecule has 46 heavy (non-hydrogen) atoms. The van der Waals surface area contributed by atoms with E-state index < -0.39 is 0 Å². The first-order valence-electron chi connectivity index (χ1n) is 15.2. The van der Waals surface area contributed by atoms with Crippen LogP contribution in [0, 0.1) is 22.7 Å². The molecule has 0 atom stereocenters. The van der Waals surface area contributed by atoms with E-state index in [0.29, 0.717) is 17.1 Å². The first-order valence-corrected chi connectivity index (χ1v) is 16.0. The Hall–Kier alpha value is -5.69. The number of allylic oxidation sites excluding steroid dienone is 6. The highest BCUT2D eigenvalue weighted by Gasteiger charge is 2.24. The van der Waals surface area contributed by atoms with Crippen LogP contribution in [0.25, 0.3) is 12.2 Å². The van der Waals surface area contributed by atoms with Crippen LogP contribution in [0.15, 0.2) is 154 Å². The second-order valence-corrected chi connectivity index (χ2v) is 11.7. The lowest BCUT2D eigenvalue weighted by atomic mass is 10.0. The lowest BCUT2D eigenvalue weighted by molar-refractivity contribution is 0.332. The van der Waals surface area contributed by atoms with E-state index in [1.165, 1.54) is 15.5 Å². The maximum Gasteiger partial charge on any atom is 0.137 e. The lowest BCUT2D eigenvalue weighted by Crippen LogP contribution is -2.21. The molecule has 0 saturated heterocycles. The second kappa shape index (κ2) is 13.9. The van der Waals surface area contributed by atoms with Gasteiger partial charge in [0.2, 0.25) is 0 Å². The first-order chi connectivity index (χ1) is 22.6. The van der Waals surface area contributed by atoms with Crippen LogP contribution in [0.5, 0.6) is 0 Å². The molecule has 6 rings (SSSR count). The van der Waals surface area contributed by atoms with Crippen LogP contribution in [-0.2, 0) is 4.74 Å². The van der Waals surface area contributed by atoms with Crippen molar-refractivity contribution in [3.63, 3.8) is 0 Å². The summed E-state index contributed by atoms with van der Waals surface area (Å²) in [6.07, 6.45) is 11.1. The molecule has 0 aromatic heterocycles. The summed E-state index contributed by atoms with van der Waals surface area (Å²) in [5.74, 6) is 1.08. The Labute approximate surface area is 275 Å². The first kappa shape index (κ1) is 30.3. The van der Waals surface area contributed by atoms with Gasteiger partial charge in [-0.05, 0) is 97.8 Å². The van der Waals surface area contributed by atoms with Crippen molar-refractivity contribution in [1.82, 2.24) is 0 Å². The fourth-order valence-corrected chi connectivity index (χ4v) is 6.52. The summed E-state index contributed by atoms with van der Waals surface area (Å²) in [4.78, 5) is 7.03. The highest BCUT2D eigenvalue weighted by Crippen LogP contribution is 2.51. The number of fused-ring (bicyclic) bond motifs is 2. The number of ether oxygens (including phenoxy) is 1. The van der Waals surface area contributed by atoms with Crippen LogP contribution in [0.4, 0.5) is 22.7 Å². The average molecular weight is 617 g/mol. The van der Waals surface area contributed by atoms with Crippen LogP contribution in [0.1, 0.15) is 25.0 Å². The van der Waals surface area contributed by atoms with E-state index in [1.54, 1.807) is 23.9 Å². The number of benzene rings is 4. The van der Waals surface area contributed by atoms with Crippen LogP contribution < -0.4 is 9.80 Å². The molecule has 2 aliphatic rings. The molecule has 4 aromatic carbocycles. The standard InChI is InChI=1S/C40H32N4OS/c1-3-43(4-2)33-19-13-29(14-20-33)17-23-35-25-31(32(27-41)28-42)26-36(45-35)24-18-30-15-21-34(22-16-30)44-37-9-5-7-11-39(37)46-40-12-8-6-10-38(40)44/h5-26H,3-4H2,1-2H3/b23-17+,24-18+. The maximum atomic E-state index is 9.56. The van der Waals surface area contributed by atoms with Crippen molar-refractivity contribution in [3.05, 3.63) is 155 Å². The van der Waals surface area contributed by atoms with Gasteiger partial charge in [0.1, 0.15) is 29.2 Å². The van der Waals surface area contributed by atoms with Gasteiger partial charge in [-0.25, -0.2) is 0 Å². The SMILES string of the molecule is CCN(CC)c1ccc(/C=C/C2=CC(=C(C#N)C#N)C=C(/C=C/c3ccc(N4c5ccccc5Sc5ccccc54)cc3)O2)cc1. The van der Waals surface area contributed by atoms with Crippen LogP contribution in [-0.4, -0.2) is 13.1 Å². The van der Waals surface area contributed by atoms with Gasteiger partial charge in [0, 0.05) is 39.8 Å². The van der Waals surface area contributed by atoms with Gasteiger partial charge >= 0.3 is 0 Å². The molecule has 5 nitrogen and oxygen atoms in total. The molecule has 0 aliphatic carbocycles. The average Bonchev–Trinajstić information content (AvgIpc) is 3.10. The van der Waals surface area contributed by atoms with Crippen LogP contribution in [0.2, 0.25) is 0 Å². The third-order valence-corrected chi connectivity index (χ3v) is 8.96. The molecule has 4 aromatic rings. The Morgan fingerprint density at radius 1 is 0.696 bits per heavy atom. The molecule has 2 aliphatic heterocycles. The quantitative estimate of drug-likeness (QED) is 0.162. The van der Waals surface area contributed by atoms with Gasteiger partial charge in [-0.15, -0.1) is 0 Å². The molecule has 0 N–H and O–H groups in total. The Bertz CT molecular complexity index is 1920. The maximum absolute atomic E-state index is 9.56. The van der Waals surface area contributed by atoms with Crippen molar-refractivity contribution < 1.29 is 4.74 Å². The Morgan fingerprint density at radius 2 is 1.20 bits per heavy atom. The molecule has 6 heteroatoms. The van der Waals surface area contributed by atoms with E-state index in [1.807, 2.05) is 36.4 Å². The van der Waals surface area contributed by atoms with E-state index in [0.717, 1.165) is 41.3 Å². The molecule has 2 heterocycles. The summed E-state index contributed by atoms with van der Waals surface area (Å²) in [5.41, 5.74) is 7.14. The predicted octanol–water partition coefficient (Wildman–Crippen LogP) is 10.3. The minimum absolute atomic E-state index is 0.0354. The van der Waals surface area contributed by atoms with Crippen molar-refractivity contribution in [2.75, 3.05) is 22.9 Å². The number of nitriles is 2. The Morgan fingerprint density at radius 3 is 1.70 bits per heavy atom. The number of para-hydroxylation sites is 2. The molecule has 0 spiro atoms. The second-order valence-electron chi connectivity index (χ2n) is 10.6. The lowest BCUT2D eigenvalue weighted by Gasteiger charge is -2.32. The van der Waals surface area contributed by atoms with Gasteiger partial charge in [0.15, 0.2) is 0 Å². The van der Waals surface area contributed by atoms with E-state index >= 15 is 0 Å². The number of anilines is 4. The molecular formula is C40H32N4OS. The zero-order valence-electron chi connectivity index (χ0n) is 25.7. The van der Waals surface area contributed by atoms with Crippen molar-refractivity contribution in [2.24, 2.45) is 0 Å². The zero-order chi connectivity index (χ0) is 31.9. The van der Waals surface area contributed by atoms with E-state index in [4.69, 9.17) is 4.74 Å². The van der Waals surface area contributed by atoms with Crippen LogP contribution >= 0.6 is 11.8 Å². The summed E-state index contributed by atoms with van der Waals surface area (Å²) < 4.78 is 6.17. The summed E-state index contributed by atoms with van der Waals surface area (Å²) in [6, 6.07) is 37.7. The van der Waals surface area contributed by atoms with Crippen molar-refractivity contribution in [3.8, 4) is 12.1 Å². The smallest absolute Gasteiger partial charge is 0.137 e. The molecule has 0 amide bonds. The third kappa shape index (κ3) is 6.54. The van der Waals surface area contributed by atoms with Gasteiger partial charge in [-0.1, -0.05) is 72.4 Å². The van der Waals surface area contributed by atoms with Crippen molar-refractivity contribution in [2.45, 2.75) is 23.6 Å². The summed E-state index contributed by atoms with van der Waals surface area (Å²) >= 11 is 1.79. The molecule has 0 unspecified atom stereocenters. The summed E-state index contributed by atoms with van der Waals surface area (Å²) in [7, 11) is 0. The molecule has 224 valence electrons. The van der Waals surface area contributed by atoms with Gasteiger partial charge in [-0.3, -0.25) is 0 Å². The number of rotatable bonds is 8. The van der Waals surface area contributed by atoms with Crippen molar-refractivity contribution in [1.29, 1.82) is 10.5 Å². The fraction of sp³-hybridized carbons (Fsp3) is 0.100. The predicted molar refractivity (Wildman–Crippen MR) is 189 cm³/mol. The fourth-order valence-electron chi connectivity index (χ4n) is 5.46. The molecular weight excluding hydrogens is 585 g/mol. The van der Waals surface area contributed by atoms with Gasteiger partial charge < -0.3 is 14.5 Å². The molecule has 0 saturated carbocycles. The highest BCUT2D eigenvalue weighted by molar-refractivity contribution is 7.99. The Balaban J connectivity index is 1.22. The number of nitrogens with zero attached hydrogens (tertiary/aromatic N) is 4. The van der Waals surface area contributed by atoms with Gasteiger partial charge in [0.25, 0.3) is 0 Å². The topological polar surface area (TPSA) is 63.3 Å². The number of hydrogen-bond donors (Lipinski definition) is 0. The summed E-state index contributed by atoms with van der Waals surface area (Å²) in [5, 5.41) is 19.1. The monoisotopic (exact) mass is 616 g/mol. The van der Waals surface area contributed by atoms with Crippen LogP contribution in [0.3, 0.4) is 0 Å². The normalized spacial score (nSPS) is 13.7. The van der Waals surface area contributed by atoms with E-state index in [-0.39, 0.29) is 5.57 Å². The summed E-state index contributed by atoms with van der Waals surface area (Å²) in [6.45, 7) is 6.20. The molecule has 0 fully saturated rings. The van der Waals surface area contributed by atoms with Gasteiger partial charge in [-0.2, -0.15) is 10.5 Å². The zero-order valence-corrected chi connectivity index (χ0v) is 26.5. The van der Waals surface area contributed by atoms with Gasteiger partial charge in [0.05, 0.1) is 11.4 Å². The van der Waals surface area contributed by atoms with Crippen molar-refractivity contribution >= 4 is 46.7 Å². The largest absolute Gasteiger partial charge is 0.457 e. The van der Waals surface area contributed by atoms with E-state index in [9.17, 15) is 10.5 Å². The third-order valence-electron chi connectivity index (χ3n) is 7.83. The Kier molecular flexibility index (Phi) is 9.20. The number of hydrogen-bond acceptors (Lipinski definition) is 6. The molecule has 0 radical (unpaired) electrons. The van der Waals surface area contributed by atoms with E-state index in [2.05, 4.69) is 121 Å². The minimum atomic E-state index is 0.0354. The molecule has 0 bridgehead atoms. The highest BCUT2D eigenvalue weighted by atomic mass is 32.2. The minimum Gasteiger partial charge on any atom is -0.457 e.